The van der Waals surface area contributed by atoms with Gasteiger partial charge in [-0.05, 0) is 37.8 Å². The fourth-order valence-electron chi connectivity index (χ4n) is 3.64. The summed E-state index contributed by atoms with van der Waals surface area (Å²) in [5.74, 6) is 0. The van der Waals surface area contributed by atoms with Gasteiger partial charge in [-0.15, -0.1) is 0 Å². The quantitative estimate of drug-likeness (QED) is 0.897. The highest BCUT2D eigenvalue weighted by Gasteiger charge is 2.37. The summed E-state index contributed by atoms with van der Waals surface area (Å²) in [4.78, 5) is 2.20. The molecule has 1 N–H and O–H groups in total. The third-order valence-corrected chi connectivity index (χ3v) is 4.82. The molecule has 0 amide bonds. The van der Waals surface area contributed by atoms with E-state index < -0.39 is 11.7 Å². The smallest absolute Gasteiger partial charge is 0.310 e. The minimum atomic E-state index is -4.28. The zero-order chi connectivity index (χ0) is 15.0. The fraction of sp³-hybridized carbons (Fsp3) is 0.625. The number of halogens is 3. The Morgan fingerprint density at radius 1 is 1.14 bits per heavy atom. The predicted octanol–water partition coefficient (Wildman–Crippen LogP) is 3.59. The van der Waals surface area contributed by atoms with Crippen LogP contribution in [0, 0.1) is 0 Å². The van der Waals surface area contributed by atoms with Crippen LogP contribution in [0.15, 0.2) is 24.3 Å². The number of hydrogen-bond donors (Lipinski definition) is 1. The maximum atomic E-state index is 13.2. The first-order valence-corrected chi connectivity index (χ1v) is 7.61. The van der Waals surface area contributed by atoms with E-state index in [1.807, 2.05) is 6.92 Å². The summed E-state index contributed by atoms with van der Waals surface area (Å²) in [5, 5.41) is 3.57. The van der Waals surface area contributed by atoms with Crippen molar-refractivity contribution in [2.24, 2.45) is 0 Å². The summed E-state index contributed by atoms with van der Waals surface area (Å²) in [6.45, 7) is 3.59. The zero-order valence-electron chi connectivity index (χ0n) is 12.2. The molecule has 3 rings (SSSR count). The van der Waals surface area contributed by atoms with Gasteiger partial charge < -0.3 is 5.32 Å². The molecule has 21 heavy (non-hydrogen) atoms. The Morgan fingerprint density at radius 2 is 1.86 bits per heavy atom. The summed E-state index contributed by atoms with van der Waals surface area (Å²) >= 11 is 0. The maximum Gasteiger partial charge on any atom is 0.416 e. The third-order valence-electron chi connectivity index (χ3n) is 4.82. The van der Waals surface area contributed by atoms with Crippen molar-refractivity contribution in [2.75, 3.05) is 13.1 Å². The number of nitrogens with zero attached hydrogens (tertiary/aromatic N) is 1. The largest absolute Gasteiger partial charge is 0.416 e. The summed E-state index contributed by atoms with van der Waals surface area (Å²) < 4.78 is 39.5. The van der Waals surface area contributed by atoms with Crippen molar-refractivity contribution >= 4 is 0 Å². The molecule has 0 radical (unpaired) electrons. The monoisotopic (exact) mass is 298 g/mol. The summed E-state index contributed by atoms with van der Waals surface area (Å²) in [5.41, 5.74) is -0.109. The number of alkyl halides is 3. The molecule has 0 saturated carbocycles. The third kappa shape index (κ3) is 3.09. The van der Waals surface area contributed by atoms with Gasteiger partial charge in [0.15, 0.2) is 0 Å². The lowest BCUT2D eigenvalue weighted by atomic mass is 9.98. The Balaban J connectivity index is 1.83. The van der Waals surface area contributed by atoms with Crippen LogP contribution in [0.5, 0.6) is 0 Å². The number of likely N-dealkylation sites (tertiary alicyclic amines) is 1. The predicted molar refractivity (Wildman–Crippen MR) is 76.0 cm³/mol. The molecule has 2 saturated heterocycles. The number of hydrogen-bond acceptors (Lipinski definition) is 2. The lowest BCUT2D eigenvalue weighted by Crippen LogP contribution is -2.37. The standard InChI is InChI=1S/C16H21F3N2/c1-11(14-4-2-3-5-15(14)16(17,18)19)21-9-8-12-6-7-13(10-21)20-12/h2-5,11-13,20H,6-10H2,1H3. The molecule has 0 spiro atoms. The highest BCUT2D eigenvalue weighted by Crippen LogP contribution is 2.37. The Kier molecular flexibility index (Phi) is 3.97. The van der Waals surface area contributed by atoms with Crippen LogP contribution < -0.4 is 5.32 Å². The first-order chi connectivity index (χ1) is 9.95. The fourth-order valence-corrected chi connectivity index (χ4v) is 3.64. The first kappa shape index (κ1) is 14.9. The second kappa shape index (κ2) is 5.61. The number of fused-ring (bicyclic) bond motifs is 2. The SMILES string of the molecule is CC(c1ccccc1C(F)(F)F)N1CCC2CCC(C1)N2. The van der Waals surface area contributed by atoms with E-state index >= 15 is 0 Å². The maximum absolute atomic E-state index is 13.2. The van der Waals surface area contributed by atoms with Crippen molar-refractivity contribution in [3.63, 3.8) is 0 Å². The van der Waals surface area contributed by atoms with Crippen LogP contribution in [-0.2, 0) is 6.18 Å². The molecule has 2 bridgehead atoms. The summed E-state index contributed by atoms with van der Waals surface area (Å²) in [6.07, 6.45) is -0.927. The second-order valence-corrected chi connectivity index (χ2v) is 6.18. The molecule has 2 fully saturated rings. The molecule has 1 aromatic carbocycles. The van der Waals surface area contributed by atoms with Crippen molar-refractivity contribution < 1.29 is 13.2 Å². The summed E-state index contributed by atoms with van der Waals surface area (Å²) in [7, 11) is 0. The van der Waals surface area contributed by atoms with Crippen LogP contribution >= 0.6 is 0 Å². The van der Waals surface area contributed by atoms with E-state index in [-0.39, 0.29) is 6.04 Å². The van der Waals surface area contributed by atoms with Crippen LogP contribution in [0.1, 0.15) is 43.4 Å². The van der Waals surface area contributed by atoms with Crippen LogP contribution in [0.2, 0.25) is 0 Å². The lowest BCUT2D eigenvalue weighted by molar-refractivity contribution is -0.138. The van der Waals surface area contributed by atoms with Crippen molar-refractivity contribution in [3.8, 4) is 0 Å². The highest BCUT2D eigenvalue weighted by molar-refractivity contribution is 5.32. The normalized spacial score (nSPS) is 28.4. The lowest BCUT2D eigenvalue weighted by Gasteiger charge is -2.32. The van der Waals surface area contributed by atoms with Crippen LogP contribution in [-0.4, -0.2) is 30.1 Å². The van der Waals surface area contributed by atoms with Gasteiger partial charge in [0.1, 0.15) is 0 Å². The van der Waals surface area contributed by atoms with Crippen molar-refractivity contribution in [1.29, 1.82) is 0 Å². The van der Waals surface area contributed by atoms with Crippen LogP contribution in [0.3, 0.4) is 0 Å². The van der Waals surface area contributed by atoms with Gasteiger partial charge in [0.05, 0.1) is 5.56 Å². The first-order valence-electron chi connectivity index (χ1n) is 7.61. The van der Waals surface area contributed by atoms with Gasteiger partial charge in [0.2, 0.25) is 0 Å². The van der Waals surface area contributed by atoms with Gasteiger partial charge in [-0.2, -0.15) is 13.2 Å². The van der Waals surface area contributed by atoms with Gasteiger partial charge in [0.25, 0.3) is 0 Å². The van der Waals surface area contributed by atoms with E-state index in [2.05, 4.69) is 10.2 Å². The molecular weight excluding hydrogens is 277 g/mol. The Bertz CT molecular complexity index is 501. The minimum absolute atomic E-state index is 0.205. The zero-order valence-corrected chi connectivity index (χ0v) is 12.2. The van der Waals surface area contributed by atoms with E-state index in [4.69, 9.17) is 0 Å². The van der Waals surface area contributed by atoms with Gasteiger partial charge in [-0.25, -0.2) is 0 Å². The van der Waals surface area contributed by atoms with E-state index in [1.54, 1.807) is 12.1 Å². The van der Waals surface area contributed by atoms with Crippen molar-refractivity contribution in [1.82, 2.24) is 10.2 Å². The molecule has 5 heteroatoms. The van der Waals surface area contributed by atoms with Gasteiger partial charge >= 0.3 is 6.18 Å². The van der Waals surface area contributed by atoms with Gasteiger partial charge in [-0.1, -0.05) is 18.2 Å². The average Bonchev–Trinajstić information content (AvgIpc) is 2.77. The van der Waals surface area contributed by atoms with E-state index in [0.29, 0.717) is 17.6 Å². The molecule has 3 unspecified atom stereocenters. The molecule has 2 nitrogen and oxygen atoms in total. The highest BCUT2D eigenvalue weighted by atomic mass is 19.4. The molecule has 0 aliphatic carbocycles. The van der Waals surface area contributed by atoms with Crippen molar-refractivity contribution in [3.05, 3.63) is 35.4 Å². The molecule has 2 heterocycles. The Labute approximate surface area is 123 Å². The summed E-state index contributed by atoms with van der Waals surface area (Å²) in [6, 6.07) is 6.74. The molecular formula is C16H21F3N2. The molecule has 3 atom stereocenters. The minimum Gasteiger partial charge on any atom is -0.310 e. The molecule has 1 aromatic rings. The van der Waals surface area contributed by atoms with Gasteiger partial charge in [0, 0.05) is 31.2 Å². The Hall–Kier alpha value is -1.07. The van der Waals surface area contributed by atoms with Crippen LogP contribution in [0.4, 0.5) is 13.2 Å². The number of nitrogens with one attached hydrogen (secondary N) is 1. The molecule has 0 aromatic heterocycles. The van der Waals surface area contributed by atoms with E-state index in [9.17, 15) is 13.2 Å². The molecule has 2 aliphatic rings. The number of benzene rings is 1. The number of rotatable bonds is 2. The van der Waals surface area contributed by atoms with E-state index in [1.165, 1.54) is 18.6 Å². The van der Waals surface area contributed by atoms with Crippen LogP contribution in [0.25, 0.3) is 0 Å². The van der Waals surface area contributed by atoms with Gasteiger partial charge in [-0.3, -0.25) is 4.90 Å². The van der Waals surface area contributed by atoms with E-state index in [0.717, 1.165) is 25.9 Å². The molecule has 2 aliphatic heterocycles. The second-order valence-electron chi connectivity index (χ2n) is 6.18. The molecule has 116 valence electrons. The van der Waals surface area contributed by atoms with Crippen molar-refractivity contribution in [2.45, 2.75) is 50.5 Å². The topological polar surface area (TPSA) is 15.3 Å². The average molecular weight is 298 g/mol. The Morgan fingerprint density at radius 3 is 2.62 bits per heavy atom.